The highest BCUT2D eigenvalue weighted by molar-refractivity contribution is 5.99. The summed E-state index contributed by atoms with van der Waals surface area (Å²) in [7, 11) is 0. The van der Waals surface area contributed by atoms with E-state index >= 15 is 0 Å². The summed E-state index contributed by atoms with van der Waals surface area (Å²) < 4.78 is 5.38. The van der Waals surface area contributed by atoms with Gasteiger partial charge in [-0.25, -0.2) is 9.98 Å². The summed E-state index contributed by atoms with van der Waals surface area (Å²) in [5, 5.41) is 0. The van der Waals surface area contributed by atoms with Crippen LogP contribution in [0.15, 0.2) is 11.6 Å². The van der Waals surface area contributed by atoms with Crippen molar-refractivity contribution >= 4 is 23.5 Å². The molecule has 0 aliphatic carbocycles. The fourth-order valence-corrected chi connectivity index (χ4v) is 3.14. The van der Waals surface area contributed by atoms with Crippen LogP contribution in [0.5, 0.6) is 0 Å². The summed E-state index contributed by atoms with van der Waals surface area (Å²) in [6.07, 6.45) is 5.78. The summed E-state index contributed by atoms with van der Waals surface area (Å²) in [5.41, 5.74) is 9.11. The third-order valence-electron chi connectivity index (χ3n) is 4.55. The molecule has 1 fully saturated rings. The van der Waals surface area contributed by atoms with Gasteiger partial charge in [-0.15, -0.1) is 0 Å². The van der Waals surface area contributed by atoms with Crippen molar-refractivity contribution < 1.29 is 9.53 Å². The second kappa shape index (κ2) is 8.20. The van der Waals surface area contributed by atoms with Crippen LogP contribution >= 0.6 is 0 Å². The van der Waals surface area contributed by atoms with Crippen molar-refractivity contribution in [1.82, 2.24) is 4.98 Å². The Balaban J connectivity index is 2.34. The first-order valence-electron chi connectivity index (χ1n) is 8.55. The molecule has 0 radical (unpaired) electrons. The number of nitrogens with two attached hydrogens (primary N) is 1. The second-order valence-corrected chi connectivity index (χ2v) is 6.36. The molecule has 2 rings (SSSR count). The lowest BCUT2D eigenvalue weighted by Crippen LogP contribution is -2.18. The number of nitrogens with zero attached hydrogens (tertiary/aromatic N) is 2. The molecule has 5 heteroatoms. The molecule has 1 aliphatic rings. The summed E-state index contributed by atoms with van der Waals surface area (Å²) in [4.78, 5) is 21.0. The number of aromatic nitrogens is 1. The lowest BCUT2D eigenvalue weighted by atomic mass is 9.96. The Hall–Kier alpha value is -2.01. The number of allylic oxidation sites excluding steroid dienone is 1. The fraction of sp³-hybridized carbons (Fsp3) is 0.526. The van der Waals surface area contributed by atoms with Crippen molar-refractivity contribution in [3.8, 4) is 0 Å². The lowest BCUT2D eigenvalue weighted by Gasteiger charge is -2.20. The van der Waals surface area contributed by atoms with E-state index < -0.39 is 5.91 Å². The molecule has 130 valence electrons. The molecule has 0 spiro atoms. The molecule has 1 aliphatic heterocycles. The Kier molecular flexibility index (Phi) is 6.26. The van der Waals surface area contributed by atoms with Crippen molar-refractivity contribution in [3.05, 3.63) is 29.0 Å². The van der Waals surface area contributed by atoms with Crippen molar-refractivity contribution in [1.29, 1.82) is 0 Å². The third kappa shape index (κ3) is 4.09. The van der Waals surface area contributed by atoms with E-state index in [1.165, 1.54) is 0 Å². The highest BCUT2D eigenvalue weighted by Gasteiger charge is 2.20. The van der Waals surface area contributed by atoms with Crippen LogP contribution in [0.3, 0.4) is 0 Å². The average Bonchev–Trinajstić information content (AvgIpc) is 2.55. The molecule has 1 aromatic heterocycles. The van der Waals surface area contributed by atoms with Gasteiger partial charge in [-0.2, -0.15) is 0 Å². The topological polar surface area (TPSA) is 77.6 Å². The molecular weight excluding hydrogens is 302 g/mol. The highest BCUT2D eigenvalue weighted by Crippen LogP contribution is 2.29. The van der Waals surface area contributed by atoms with Gasteiger partial charge in [-0.1, -0.05) is 13.5 Å². The number of aliphatic imine (C=N–C) groups is 1. The molecule has 1 saturated heterocycles. The van der Waals surface area contributed by atoms with Gasteiger partial charge in [0.25, 0.3) is 5.91 Å². The van der Waals surface area contributed by atoms with Crippen LogP contribution in [-0.2, 0) is 11.2 Å². The van der Waals surface area contributed by atoms with Gasteiger partial charge in [0.05, 0.1) is 11.3 Å². The zero-order valence-electron chi connectivity index (χ0n) is 14.9. The minimum absolute atomic E-state index is 0.461. The van der Waals surface area contributed by atoms with Crippen LogP contribution in [0, 0.1) is 12.8 Å². The van der Waals surface area contributed by atoms with E-state index in [9.17, 15) is 4.79 Å². The Labute approximate surface area is 144 Å². The van der Waals surface area contributed by atoms with Gasteiger partial charge in [-0.05, 0) is 56.6 Å². The maximum Gasteiger partial charge on any atom is 0.251 e. The molecule has 1 amide bonds. The SMILES string of the molecule is C=C(C)c1nc(/N=C/CC2CCOCC2)c(CC)c(C)c1C(N)=O. The Morgan fingerprint density at radius 1 is 1.46 bits per heavy atom. The van der Waals surface area contributed by atoms with Gasteiger partial charge in [0, 0.05) is 25.0 Å². The fourth-order valence-electron chi connectivity index (χ4n) is 3.14. The van der Waals surface area contributed by atoms with Gasteiger partial charge in [-0.3, -0.25) is 4.79 Å². The summed E-state index contributed by atoms with van der Waals surface area (Å²) >= 11 is 0. The first-order chi connectivity index (χ1) is 11.5. The van der Waals surface area contributed by atoms with Crippen molar-refractivity contribution in [2.45, 2.75) is 46.5 Å². The predicted octanol–water partition coefficient (Wildman–Crippen LogP) is 3.60. The largest absolute Gasteiger partial charge is 0.381 e. The number of hydrogen-bond donors (Lipinski definition) is 1. The first kappa shape index (κ1) is 18.3. The van der Waals surface area contributed by atoms with Gasteiger partial charge in [0.15, 0.2) is 5.82 Å². The normalized spacial score (nSPS) is 15.8. The Bertz CT molecular complexity index is 659. The average molecular weight is 329 g/mol. The van der Waals surface area contributed by atoms with Gasteiger partial charge in [0.2, 0.25) is 0 Å². The predicted molar refractivity (Wildman–Crippen MR) is 97.9 cm³/mol. The molecule has 5 nitrogen and oxygen atoms in total. The van der Waals surface area contributed by atoms with Crippen LogP contribution in [-0.4, -0.2) is 30.3 Å². The van der Waals surface area contributed by atoms with Crippen LogP contribution < -0.4 is 5.73 Å². The van der Waals surface area contributed by atoms with E-state index in [1.54, 1.807) is 0 Å². The molecule has 0 bridgehead atoms. The molecule has 2 heterocycles. The molecule has 0 saturated carbocycles. The van der Waals surface area contributed by atoms with E-state index in [2.05, 4.69) is 16.6 Å². The van der Waals surface area contributed by atoms with E-state index in [0.29, 0.717) is 23.0 Å². The molecule has 2 N–H and O–H groups in total. The van der Waals surface area contributed by atoms with Gasteiger partial charge in [0.1, 0.15) is 0 Å². The van der Waals surface area contributed by atoms with Gasteiger partial charge >= 0.3 is 0 Å². The third-order valence-corrected chi connectivity index (χ3v) is 4.55. The number of pyridine rings is 1. The Morgan fingerprint density at radius 3 is 2.67 bits per heavy atom. The van der Waals surface area contributed by atoms with Crippen LogP contribution in [0.2, 0.25) is 0 Å². The molecule has 24 heavy (non-hydrogen) atoms. The van der Waals surface area contributed by atoms with Gasteiger partial charge < -0.3 is 10.5 Å². The molecule has 0 atom stereocenters. The minimum Gasteiger partial charge on any atom is -0.381 e. The summed E-state index contributed by atoms with van der Waals surface area (Å²) in [6, 6.07) is 0. The smallest absolute Gasteiger partial charge is 0.251 e. The second-order valence-electron chi connectivity index (χ2n) is 6.36. The maximum absolute atomic E-state index is 11.8. The zero-order chi connectivity index (χ0) is 17.7. The quantitative estimate of drug-likeness (QED) is 0.810. The molecular formula is C19H27N3O2. The zero-order valence-corrected chi connectivity index (χ0v) is 14.9. The molecule has 0 unspecified atom stereocenters. The number of ether oxygens (including phenoxy) is 1. The maximum atomic E-state index is 11.8. The first-order valence-corrected chi connectivity index (χ1v) is 8.55. The number of primary amides is 1. The lowest BCUT2D eigenvalue weighted by molar-refractivity contribution is 0.0687. The molecule has 0 aromatic carbocycles. The summed E-state index contributed by atoms with van der Waals surface area (Å²) in [5.74, 6) is 0.828. The van der Waals surface area contributed by atoms with Crippen molar-refractivity contribution in [2.24, 2.45) is 16.6 Å². The summed E-state index contributed by atoms with van der Waals surface area (Å²) in [6.45, 7) is 11.4. The molecule has 1 aromatic rings. The van der Waals surface area contributed by atoms with E-state index in [-0.39, 0.29) is 0 Å². The highest BCUT2D eigenvalue weighted by atomic mass is 16.5. The van der Waals surface area contributed by atoms with E-state index in [4.69, 9.17) is 10.5 Å². The van der Waals surface area contributed by atoms with E-state index in [1.807, 2.05) is 27.0 Å². The number of carbonyl (C=O) groups is 1. The number of hydrogen-bond acceptors (Lipinski definition) is 4. The Morgan fingerprint density at radius 2 is 2.12 bits per heavy atom. The minimum atomic E-state index is -0.467. The van der Waals surface area contributed by atoms with Crippen molar-refractivity contribution in [3.63, 3.8) is 0 Å². The van der Waals surface area contributed by atoms with Crippen LogP contribution in [0.25, 0.3) is 5.57 Å². The monoisotopic (exact) mass is 329 g/mol. The standard InChI is InChI=1S/C19H27N3O2/c1-5-15-13(4)16(18(20)23)17(12(2)3)22-19(15)21-9-6-14-7-10-24-11-8-14/h9,14H,2,5-8,10-11H2,1,3-4H3,(H2,20,23)/b21-9+. The number of rotatable bonds is 6. The van der Waals surface area contributed by atoms with Crippen LogP contribution in [0.1, 0.15) is 60.3 Å². The number of amides is 1. The van der Waals surface area contributed by atoms with Crippen LogP contribution in [0.4, 0.5) is 5.82 Å². The number of carbonyl (C=O) groups excluding carboxylic acids is 1. The van der Waals surface area contributed by atoms with E-state index in [0.717, 1.165) is 55.6 Å². The van der Waals surface area contributed by atoms with Crippen molar-refractivity contribution in [2.75, 3.05) is 13.2 Å².